The van der Waals surface area contributed by atoms with E-state index in [1.54, 1.807) is 0 Å². The van der Waals surface area contributed by atoms with E-state index in [2.05, 4.69) is 88.4 Å². The zero-order chi connectivity index (χ0) is 22.3. The van der Waals surface area contributed by atoms with Gasteiger partial charge in [0.15, 0.2) is 0 Å². The Morgan fingerprint density at radius 1 is 0.719 bits per heavy atom. The molecule has 0 unspecified atom stereocenters. The largest absolute Gasteiger partial charge is 0.455 e. The molecular weight excluding hydrogens is 390 g/mol. The van der Waals surface area contributed by atoms with Crippen molar-refractivity contribution in [3.8, 4) is 33.7 Å². The number of benzene rings is 3. The highest BCUT2D eigenvalue weighted by Gasteiger charge is 2.20. The molecule has 0 amide bonds. The van der Waals surface area contributed by atoms with E-state index in [0.717, 1.165) is 44.7 Å². The van der Waals surface area contributed by atoms with Crippen LogP contribution in [0, 0.1) is 6.92 Å². The van der Waals surface area contributed by atoms with Gasteiger partial charge in [-0.2, -0.15) is 0 Å². The van der Waals surface area contributed by atoms with Gasteiger partial charge in [-0.25, -0.2) is 0 Å². The highest BCUT2D eigenvalue weighted by Crippen LogP contribution is 2.41. The lowest BCUT2D eigenvalue weighted by Crippen LogP contribution is -2.11. The van der Waals surface area contributed by atoms with E-state index < -0.39 is 0 Å². The smallest absolute Gasteiger partial charge is 0.143 e. The number of fused-ring (bicyclic) bond motifs is 1. The molecule has 5 rings (SSSR count). The van der Waals surface area contributed by atoms with Crippen LogP contribution in [0.25, 0.3) is 44.7 Å². The van der Waals surface area contributed by atoms with Crippen molar-refractivity contribution < 1.29 is 4.42 Å². The Kier molecular flexibility index (Phi) is 4.94. The molecule has 0 spiro atoms. The maximum absolute atomic E-state index is 6.49. The van der Waals surface area contributed by atoms with E-state index in [1.165, 1.54) is 11.1 Å². The summed E-state index contributed by atoms with van der Waals surface area (Å²) in [5, 5.41) is 1.03. The Balaban J connectivity index is 1.72. The van der Waals surface area contributed by atoms with Crippen molar-refractivity contribution >= 4 is 11.0 Å². The predicted octanol–water partition coefficient (Wildman–Crippen LogP) is 8.43. The van der Waals surface area contributed by atoms with Crippen molar-refractivity contribution in [1.82, 2.24) is 4.98 Å². The molecule has 0 aliphatic rings. The van der Waals surface area contributed by atoms with Gasteiger partial charge in [0.2, 0.25) is 0 Å². The zero-order valence-corrected chi connectivity index (χ0v) is 19.0. The van der Waals surface area contributed by atoms with Crippen LogP contribution in [0.5, 0.6) is 0 Å². The van der Waals surface area contributed by atoms with Gasteiger partial charge in [-0.1, -0.05) is 93.1 Å². The number of pyridine rings is 1. The minimum Gasteiger partial charge on any atom is -0.455 e. The minimum atomic E-state index is 0.0799. The fourth-order valence-corrected chi connectivity index (χ4v) is 4.20. The summed E-state index contributed by atoms with van der Waals surface area (Å²) < 4.78 is 6.49. The molecule has 2 heteroatoms. The molecule has 2 heterocycles. The van der Waals surface area contributed by atoms with Crippen LogP contribution in [-0.4, -0.2) is 4.98 Å². The van der Waals surface area contributed by atoms with Crippen LogP contribution in [0.1, 0.15) is 31.9 Å². The summed E-state index contributed by atoms with van der Waals surface area (Å²) in [7, 11) is 0. The molecule has 2 nitrogen and oxygen atoms in total. The summed E-state index contributed by atoms with van der Waals surface area (Å²) in [6.07, 6.45) is 1.96. The molecule has 0 saturated carbocycles. The van der Waals surface area contributed by atoms with Gasteiger partial charge < -0.3 is 4.42 Å². The molecule has 32 heavy (non-hydrogen) atoms. The van der Waals surface area contributed by atoms with Crippen LogP contribution in [0.2, 0.25) is 0 Å². The lowest BCUT2D eigenvalue weighted by Gasteiger charge is -2.20. The molecule has 0 aliphatic heterocycles. The highest BCUT2D eigenvalue weighted by atomic mass is 16.3. The first-order valence-corrected chi connectivity index (χ1v) is 11.1. The Labute approximate surface area is 189 Å². The molecule has 0 radical (unpaired) electrons. The van der Waals surface area contributed by atoms with Crippen molar-refractivity contribution in [2.24, 2.45) is 0 Å². The van der Waals surface area contributed by atoms with E-state index >= 15 is 0 Å². The van der Waals surface area contributed by atoms with Gasteiger partial charge in [0, 0.05) is 34.3 Å². The van der Waals surface area contributed by atoms with Crippen molar-refractivity contribution in [2.75, 3.05) is 0 Å². The van der Waals surface area contributed by atoms with Crippen molar-refractivity contribution in [3.63, 3.8) is 0 Å². The summed E-state index contributed by atoms with van der Waals surface area (Å²) in [6, 6.07) is 29.5. The van der Waals surface area contributed by atoms with Gasteiger partial charge in [-0.3, -0.25) is 4.98 Å². The quantitative estimate of drug-likeness (QED) is 0.294. The van der Waals surface area contributed by atoms with Crippen LogP contribution in [0.15, 0.2) is 95.5 Å². The fraction of sp³-hybridized carbons (Fsp3) is 0.167. The lowest BCUT2D eigenvalue weighted by molar-refractivity contribution is 0.590. The van der Waals surface area contributed by atoms with E-state index in [0.29, 0.717) is 0 Å². The molecule has 5 aromatic rings. The standard InChI is InChI=1S/C30H27NO/c1-20-15-23(17-24(16-20)30(2,3)4)26-18-27-25(19-31-26)28(21-11-7-5-8-12-21)29(32-27)22-13-9-6-10-14-22/h5-19H,1-4H3. The third-order valence-electron chi connectivity index (χ3n) is 5.91. The normalized spacial score (nSPS) is 11.8. The number of hydrogen-bond acceptors (Lipinski definition) is 2. The van der Waals surface area contributed by atoms with Gasteiger partial charge in [-0.05, 0) is 35.6 Å². The number of aromatic nitrogens is 1. The van der Waals surface area contributed by atoms with Gasteiger partial charge in [0.25, 0.3) is 0 Å². The average Bonchev–Trinajstić information content (AvgIpc) is 3.18. The van der Waals surface area contributed by atoms with E-state index in [9.17, 15) is 0 Å². The molecular formula is C30H27NO. The third kappa shape index (κ3) is 3.73. The van der Waals surface area contributed by atoms with Crippen molar-refractivity contribution in [1.29, 1.82) is 0 Å². The van der Waals surface area contributed by atoms with Gasteiger partial charge in [-0.15, -0.1) is 0 Å². The third-order valence-corrected chi connectivity index (χ3v) is 5.91. The Morgan fingerprint density at radius 2 is 1.38 bits per heavy atom. The van der Waals surface area contributed by atoms with Crippen LogP contribution in [0.3, 0.4) is 0 Å². The highest BCUT2D eigenvalue weighted by molar-refractivity contribution is 6.02. The van der Waals surface area contributed by atoms with E-state index in [4.69, 9.17) is 9.40 Å². The number of aryl methyl sites for hydroxylation is 1. The lowest BCUT2D eigenvalue weighted by atomic mass is 9.85. The van der Waals surface area contributed by atoms with Gasteiger partial charge in [0.1, 0.15) is 11.3 Å². The molecule has 0 bridgehead atoms. The molecule has 0 saturated heterocycles. The molecule has 0 fully saturated rings. The Morgan fingerprint density at radius 3 is 2.03 bits per heavy atom. The fourth-order valence-electron chi connectivity index (χ4n) is 4.20. The Hall–Kier alpha value is -3.65. The summed E-state index contributed by atoms with van der Waals surface area (Å²) in [6.45, 7) is 8.87. The SMILES string of the molecule is Cc1cc(-c2cc3oc(-c4ccccc4)c(-c4ccccc4)c3cn2)cc(C(C)(C)C)c1. The van der Waals surface area contributed by atoms with E-state index in [-0.39, 0.29) is 5.41 Å². The van der Waals surface area contributed by atoms with E-state index in [1.807, 2.05) is 30.5 Å². The number of hydrogen-bond donors (Lipinski definition) is 0. The maximum atomic E-state index is 6.49. The van der Waals surface area contributed by atoms with Crippen LogP contribution in [-0.2, 0) is 5.41 Å². The average molecular weight is 418 g/mol. The molecule has 2 aromatic heterocycles. The summed E-state index contributed by atoms with van der Waals surface area (Å²) in [4.78, 5) is 4.87. The molecule has 3 aromatic carbocycles. The summed E-state index contributed by atoms with van der Waals surface area (Å²) in [5.41, 5.74) is 8.82. The van der Waals surface area contributed by atoms with Gasteiger partial charge in [0.05, 0.1) is 5.69 Å². The number of rotatable bonds is 3. The van der Waals surface area contributed by atoms with Crippen LogP contribution >= 0.6 is 0 Å². The molecule has 0 atom stereocenters. The van der Waals surface area contributed by atoms with Crippen LogP contribution < -0.4 is 0 Å². The van der Waals surface area contributed by atoms with Crippen molar-refractivity contribution in [3.05, 3.63) is 102 Å². The summed E-state index contributed by atoms with van der Waals surface area (Å²) >= 11 is 0. The maximum Gasteiger partial charge on any atom is 0.143 e. The van der Waals surface area contributed by atoms with Crippen molar-refractivity contribution in [2.45, 2.75) is 33.1 Å². The second-order valence-electron chi connectivity index (χ2n) is 9.44. The van der Waals surface area contributed by atoms with Gasteiger partial charge >= 0.3 is 0 Å². The molecule has 158 valence electrons. The Bertz CT molecular complexity index is 1390. The predicted molar refractivity (Wildman–Crippen MR) is 134 cm³/mol. The second-order valence-corrected chi connectivity index (χ2v) is 9.44. The van der Waals surface area contributed by atoms with Crippen LogP contribution in [0.4, 0.5) is 0 Å². The summed E-state index contributed by atoms with van der Waals surface area (Å²) in [5.74, 6) is 0.880. The topological polar surface area (TPSA) is 26.0 Å². The first-order valence-electron chi connectivity index (χ1n) is 11.1. The zero-order valence-electron chi connectivity index (χ0n) is 19.0. The first-order chi connectivity index (χ1) is 15.4. The number of nitrogens with zero attached hydrogens (tertiary/aromatic N) is 1. The molecule has 0 N–H and O–H groups in total. The minimum absolute atomic E-state index is 0.0799. The first kappa shape index (κ1) is 20.3. The number of furan rings is 1. The second kappa shape index (κ2) is 7.80. The monoisotopic (exact) mass is 417 g/mol. The molecule has 0 aliphatic carbocycles.